The molecule has 2 aromatic carbocycles. The minimum atomic E-state index is -0.729. The van der Waals surface area contributed by atoms with Gasteiger partial charge in [0.2, 0.25) is 0 Å². The average molecular weight is 563 g/mol. The number of aromatic nitrogens is 1. The first-order chi connectivity index (χ1) is 19.3. The van der Waals surface area contributed by atoms with Crippen LogP contribution < -0.4 is 20.5 Å². The van der Waals surface area contributed by atoms with E-state index in [1.54, 1.807) is 37.4 Å². The second-order valence-corrected chi connectivity index (χ2v) is 11.0. The Morgan fingerprint density at radius 3 is 2.77 bits per heavy atom. The molecule has 210 valence electrons. The van der Waals surface area contributed by atoms with Crippen molar-refractivity contribution < 1.29 is 14.3 Å². The first-order valence-electron chi connectivity index (χ1n) is 13.7. The number of pyridine rings is 1. The van der Waals surface area contributed by atoms with E-state index in [2.05, 4.69) is 27.6 Å². The van der Waals surface area contributed by atoms with Crippen molar-refractivity contribution in [2.45, 2.75) is 52.3 Å². The summed E-state index contributed by atoms with van der Waals surface area (Å²) in [4.78, 5) is 27.4. The van der Waals surface area contributed by atoms with Gasteiger partial charge in [0.05, 0.1) is 12.8 Å². The molecule has 40 heavy (non-hydrogen) atoms. The van der Waals surface area contributed by atoms with Gasteiger partial charge in [-0.25, -0.2) is 5.43 Å². The van der Waals surface area contributed by atoms with Crippen LogP contribution >= 0.6 is 11.6 Å². The largest absolute Gasteiger partial charge is 0.494 e. The number of nitrogens with one attached hydrogen (secondary N) is 1. The average Bonchev–Trinajstić information content (AvgIpc) is 2.92. The third-order valence-corrected chi connectivity index (χ3v) is 7.77. The lowest BCUT2D eigenvalue weighted by atomic mass is 9.83. The number of ether oxygens (including phenoxy) is 2. The van der Waals surface area contributed by atoms with Gasteiger partial charge in [-0.3, -0.25) is 14.5 Å². The van der Waals surface area contributed by atoms with Crippen molar-refractivity contribution >= 4 is 23.7 Å². The summed E-state index contributed by atoms with van der Waals surface area (Å²) in [5.74, 6) is 1.89. The Hall–Kier alpha value is -3.62. The maximum atomic E-state index is 12.6. The van der Waals surface area contributed by atoms with Gasteiger partial charge in [0, 0.05) is 54.4 Å². The Bertz CT molecular complexity index is 1470. The van der Waals surface area contributed by atoms with Gasteiger partial charge in [-0.05, 0) is 86.7 Å². The predicted molar refractivity (Wildman–Crippen MR) is 156 cm³/mol. The molecule has 0 saturated carbocycles. The molecule has 0 radical (unpaired) electrons. The third-order valence-electron chi connectivity index (χ3n) is 7.53. The normalized spacial score (nSPS) is 19.2. The first-order valence-corrected chi connectivity index (χ1v) is 14.1. The Morgan fingerprint density at radius 2 is 1.98 bits per heavy atom. The maximum absolute atomic E-state index is 12.6. The smallest absolute Gasteiger partial charge is 0.280 e. The van der Waals surface area contributed by atoms with E-state index in [9.17, 15) is 9.59 Å². The van der Waals surface area contributed by atoms with E-state index in [-0.39, 0.29) is 11.5 Å². The van der Waals surface area contributed by atoms with Crippen molar-refractivity contribution in [3.63, 3.8) is 0 Å². The van der Waals surface area contributed by atoms with Crippen LogP contribution in [0.25, 0.3) is 0 Å². The highest BCUT2D eigenvalue weighted by Crippen LogP contribution is 2.36. The number of benzene rings is 2. The molecule has 2 aliphatic rings. The molecule has 3 aromatic rings. The Labute approximate surface area is 239 Å². The zero-order valence-corrected chi connectivity index (χ0v) is 23.9. The van der Waals surface area contributed by atoms with E-state index in [0.29, 0.717) is 29.2 Å². The van der Waals surface area contributed by atoms with E-state index >= 15 is 0 Å². The molecule has 1 saturated heterocycles. The highest BCUT2D eigenvalue weighted by atomic mass is 35.5. The van der Waals surface area contributed by atoms with Crippen LogP contribution in [0.15, 0.2) is 64.5 Å². The summed E-state index contributed by atoms with van der Waals surface area (Å²) in [6.07, 6.45) is 2.02. The van der Waals surface area contributed by atoms with Crippen LogP contribution in [0.2, 0.25) is 5.02 Å². The van der Waals surface area contributed by atoms with Gasteiger partial charge in [0.15, 0.2) is 6.10 Å². The summed E-state index contributed by atoms with van der Waals surface area (Å²) in [6, 6.07) is 16.8. The zero-order valence-electron chi connectivity index (χ0n) is 23.1. The number of aryl methyl sites for hydroxylation is 1. The number of fused-ring (bicyclic) bond motifs is 4. The van der Waals surface area contributed by atoms with Gasteiger partial charge in [0.1, 0.15) is 11.5 Å². The molecule has 9 heteroatoms. The number of likely N-dealkylation sites (tertiary alicyclic amines) is 1. The lowest BCUT2D eigenvalue weighted by Crippen LogP contribution is -2.46. The fourth-order valence-electron chi connectivity index (χ4n) is 5.72. The van der Waals surface area contributed by atoms with Crippen LogP contribution in [0.3, 0.4) is 0 Å². The molecule has 3 unspecified atom stereocenters. The monoisotopic (exact) mass is 562 g/mol. The molecule has 1 N–H and O–H groups in total. The van der Waals surface area contributed by atoms with Crippen molar-refractivity contribution in [3.05, 3.63) is 92.4 Å². The molecule has 3 heterocycles. The van der Waals surface area contributed by atoms with Crippen LogP contribution in [0.4, 0.5) is 0 Å². The van der Waals surface area contributed by atoms with Crippen molar-refractivity contribution in [3.8, 4) is 11.5 Å². The number of rotatable bonds is 9. The van der Waals surface area contributed by atoms with Crippen molar-refractivity contribution in [1.29, 1.82) is 0 Å². The first kappa shape index (κ1) is 27.9. The fourth-order valence-corrected chi connectivity index (χ4v) is 5.94. The van der Waals surface area contributed by atoms with Gasteiger partial charge < -0.3 is 14.0 Å². The number of amides is 1. The molecule has 2 bridgehead atoms. The van der Waals surface area contributed by atoms with Gasteiger partial charge in [-0.2, -0.15) is 5.10 Å². The second-order valence-electron chi connectivity index (χ2n) is 10.6. The molecule has 1 fully saturated rings. The topological polar surface area (TPSA) is 85.2 Å². The molecule has 0 aliphatic carbocycles. The van der Waals surface area contributed by atoms with Crippen molar-refractivity contribution in [2.75, 3.05) is 19.7 Å². The van der Waals surface area contributed by atoms with Crippen LogP contribution in [0, 0.1) is 12.8 Å². The minimum absolute atomic E-state index is 0.0967. The molecule has 3 atom stereocenters. The number of hydrazone groups is 1. The van der Waals surface area contributed by atoms with Gasteiger partial charge in [0.25, 0.3) is 11.5 Å². The van der Waals surface area contributed by atoms with Gasteiger partial charge >= 0.3 is 0 Å². The van der Waals surface area contributed by atoms with Crippen LogP contribution in [-0.2, 0) is 17.9 Å². The SMILES string of the molecule is CCOc1ccc(C=NNC(=O)C(C)Oc2ccc(Cl)cc2C)cc1CN1CC2CC(C1)c1cccc(=O)n1C2. The highest BCUT2D eigenvalue weighted by Gasteiger charge is 2.34. The minimum Gasteiger partial charge on any atom is -0.494 e. The Morgan fingerprint density at radius 1 is 1.15 bits per heavy atom. The summed E-state index contributed by atoms with van der Waals surface area (Å²) in [6.45, 7) is 9.44. The zero-order chi connectivity index (χ0) is 28.2. The lowest BCUT2D eigenvalue weighted by molar-refractivity contribution is -0.127. The van der Waals surface area contributed by atoms with Crippen molar-refractivity contribution in [1.82, 2.24) is 14.9 Å². The third kappa shape index (κ3) is 6.40. The van der Waals surface area contributed by atoms with E-state index in [0.717, 1.165) is 60.7 Å². The highest BCUT2D eigenvalue weighted by molar-refractivity contribution is 6.30. The van der Waals surface area contributed by atoms with Crippen molar-refractivity contribution in [2.24, 2.45) is 11.0 Å². The number of hydrogen-bond donors (Lipinski definition) is 1. The summed E-state index contributed by atoms with van der Waals surface area (Å²) in [5.41, 5.74) is 6.59. The van der Waals surface area contributed by atoms with Crippen LogP contribution in [-0.4, -0.2) is 47.4 Å². The number of carbonyl (C=O) groups excluding carboxylic acids is 1. The summed E-state index contributed by atoms with van der Waals surface area (Å²) >= 11 is 6.01. The molecule has 1 aromatic heterocycles. The summed E-state index contributed by atoms with van der Waals surface area (Å²) < 4.78 is 13.7. The maximum Gasteiger partial charge on any atom is 0.280 e. The number of hydrogen-bond acceptors (Lipinski definition) is 6. The fraction of sp³-hybridized carbons (Fsp3) is 0.387. The number of carbonyl (C=O) groups is 1. The summed E-state index contributed by atoms with van der Waals surface area (Å²) in [5, 5.41) is 4.79. The molecule has 0 spiro atoms. The molecule has 8 nitrogen and oxygen atoms in total. The molecular formula is C31H35ClN4O4. The predicted octanol–water partition coefficient (Wildman–Crippen LogP) is 4.75. The Balaban J connectivity index is 1.24. The molecular weight excluding hydrogens is 528 g/mol. The quantitative estimate of drug-likeness (QED) is 0.301. The van der Waals surface area contributed by atoms with E-state index < -0.39 is 6.10 Å². The number of halogens is 1. The molecule has 5 rings (SSSR count). The van der Waals surface area contributed by atoms with E-state index in [1.165, 1.54) is 0 Å². The van der Waals surface area contributed by atoms with Crippen LogP contribution in [0.1, 0.15) is 48.6 Å². The number of piperidine rings is 1. The van der Waals surface area contributed by atoms with Gasteiger partial charge in [-0.1, -0.05) is 17.7 Å². The second kappa shape index (κ2) is 12.3. The summed E-state index contributed by atoms with van der Waals surface area (Å²) in [7, 11) is 0. The molecule has 1 amide bonds. The standard InChI is InChI=1S/C31H35ClN4O4/c1-4-39-29-10-8-22(15-33-34-31(38)21(3)40-28-11-9-26(32)12-20(28)2)13-25(29)19-35-16-23-14-24(18-35)27-6-5-7-30(37)36(27)17-23/h5-13,15,21,23-24H,4,14,16-19H2,1-3H3,(H,34,38). The number of nitrogens with zero attached hydrogens (tertiary/aromatic N) is 3. The Kier molecular flexibility index (Phi) is 8.57. The molecule has 2 aliphatic heterocycles. The van der Waals surface area contributed by atoms with Crippen LogP contribution in [0.5, 0.6) is 11.5 Å². The van der Waals surface area contributed by atoms with E-state index in [4.69, 9.17) is 21.1 Å². The van der Waals surface area contributed by atoms with Gasteiger partial charge in [-0.15, -0.1) is 0 Å². The lowest BCUT2D eigenvalue weighted by Gasteiger charge is -2.43. The van der Waals surface area contributed by atoms with E-state index in [1.807, 2.05) is 36.6 Å².